The van der Waals surface area contributed by atoms with Gasteiger partial charge in [-0.3, -0.25) is 4.72 Å². The van der Waals surface area contributed by atoms with Crippen LogP contribution < -0.4 is 4.72 Å². The first-order chi connectivity index (χ1) is 11.8. The lowest BCUT2D eigenvalue weighted by atomic mass is 10.1. The summed E-state index contributed by atoms with van der Waals surface area (Å²) in [6.45, 7) is 3.32. The number of anilines is 1. The summed E-state index contributed by atoms with van der Waals surface area (Å²) in [6, 6.07) is 8.16. The summed E-state index contributed by atoms with van der Waals surface area (Å²) >= 11 is 5.89. The minimum atomic E-state index is -3.95. The Bertz CT molecular complexity index is 1050. The highest BCUT2D eigenvalue weighted by atomic mass is 35.5. The summed E-state index contributed by atoms with van der Waals surface area (Å²) in [5.74, 6) is 0.0999. The second-order valence-corrected chi connectivity index (χ2v) is 7.41. The molecular formula is C16H13ClFN3O3S. The summed E-state index contributed by atoms with van der Waals surface area (Å²) in [6.07, 6.45) is 0. The molecule has 0 aliphatic rings. The molecule has 130 valence electrons. The van der Waals surface area contributed by atoms with Gasteiger partial charge in [-0.1, -0.05) is 22.8 Å². The Morgan fingerprint density at radius 3 is 2.56 bits per heavy atom. The summed E-state index contributed by atoms with van der Waals surface area (Å²) in [5, 5.41) is 3.65. The van der Waals surface area contributed by atoms with Gasteiger partial charge in [0, 0.05) is 5.56 Å². The Morgan fingerprint density at radius 1 is 1.16 bits per heavy atom. The van der Waals surface area contributed by atoms with Crippen LogP contribution in [0.25, 0.3) is 11.5 Å². The van der Waals surface area contributed by atoms with Crippen molar-refractivity contribution in [2.45, 2.75) is 18.7 Å². The normalized spacial score (nSPS) is 11.5. The second kappa shape index (κ2) is 6.45. The van der Waals surface area contributed by atoms with E-state index in [0.717, 1.165) is 12.1 Å². The third-order valence-corrected chi connectivity index (χ3v) is 5.25. The average molecular weight is 382 g/mol. The zero-order valence-corrected chi connectivity index (χ0v) is 14.8. The first-order valence-corrected chi connectivity index (χ1v) is 9.01. The summed E-state index contributed by atoms with van der Waals surface area (Å²) in [4.78, 5) is 4.11. The first kappa shape index (κ1) is 17.4. The van der Waals surface area contributed by atoms with Gasteiger partial charge in [-0.05, 0) is 49.7 Å². The molecule has 0 bridgehead atoms. The van der Waals surface area contributed by atoms with Crippen LogP contribution in [0.4, 0.5) is 10.1 Å². The van der Waals surface area contributed by atoms with Crippen LogP contribution in [0.5, 0.6) is 0 Å². The molecule has 0 spiro atoms. The molecular weight excluding hydrogens is 369 g/mol. The molecule has 0 radical (unpaired) electrons. The zero-order chi connectivity index (χ0) is 18.2. The molecule has 0 aliphatic heterocycles. The van der Waals surface area contributed by atoms with Crippen LogP contribution in [0.2, 0.25) is 5.02 Å². The number of aryl methyl sites for hydroxylation is 2. The Balaban J connectivity index is 2.01. The smallest absolute Gasteiger partial charge is 0.262 e. The van der Waals surface area contributed by atoms with Gasteiger partial charge in [-0.25, -0.2) is 12.8 Å². The van der Waals surface area contributed by atoms with Crippen LogP contribution in [0, 0.1) is 19.7 Å². The molecule has 0 aliphatic carbocycles. The lowest BCUT2D eigenvalue weighted by molar-refractivity contribution is 0.425. The summed E-state index contributed by atoms with van der Waals surface area (Å²) in [5.41, 5.74) is 1.07. The maximum absolute atomic E-state index is 13.1. The van der Waals surface area contributed by atoms with E-state index in [0.29, 0.717) is 17.0 Å². The number of benzene rings is 2. The zero-order valence-electron chi connectivity index (χ0n) is 13.2. The highest BCUT2D eigenvalue weighted by molar-refractivity contribution is 7.92. The van der Waals surface area contributed by atoms with E-state index in [1.54, 1.807) is 26.0 Å². The van der Waals surface area contributed by atoms with Gasteiger partial charge in [-0.15, -0.1) is 0 Å². The summed E-state index contributed by atoms with van der Waals surface area (Å²) in [7, 11) is -3.95. The molecule has 1 aromatic heterocycles. The van der Waals surface area contributed by atoms with Gasteiger partial charge in [0.05, 0.1) is 15.6 Å². The Labute approximate surface area is 148 Å². The third kappa shape index (κ3) is 3.64. The highest BCUT2D eigenvalue weighted by Gasteiger charge is 2.20. The first-order valence-electron chi connectivity index (χ1n) is 7.15. The van der Waals surface area contributed by atoms with Crippen molar-refractivity contribution < 1.29 is 17.3 Å². The Kier molecular flexibility index (Phi) is 4.49. The summed E-state index contributed by atoms with van der Waals surface area (Å²) < 4.78 is 46.0. The molecule has 1 N–H and O–H groups in total. The maximum atomic E-state index is 13.1. The number of aromatic nitrogens is 2. The molecule has 9 heteroatoms. The van der Waals surface area contributed by atoms with Gasteiger partial charge in [0.25, 0.3) is 15.9 Å². The van der Waals surface area contributed by atoms with Crippen molar-refractivity contribution in [3.8, 4) is 11.5 Å². The third-order valence-electron chi connectivity index (χ3n) is 3.43. The molecule has 0 amide bonds. The van der Waals surface area contributed by atoms with Gasteiger partial charge in [0.2, 0.25) is 0 Å². The fourth-order valence-electron chi connectivity index (χ4n) is 2.21. The fraction of sp³-hybridized carbons (Fsp3) is 0.125. The number of hydrogen-bond donors (Lipinski definition) is 1. The van der Waals surface area contributed by atoms with Crippen molar-refractivity contribution in [1.29, 1.82) is 0 Å². The van der Waals surface area contributed by atoms with Crippen LogP contribution in [0.3, 0.4) is 0 Å². The van der Waals surface area contributed by atoms with E-state index in [2.05, 4.69) is 14.9 Å². The minimum absolute atomic E-state index is 0.0289. The van der Waals surface area contributed by atoms with Gasteiger partial charge in [-0.2, -0.15) is 4.98 Å². The van der Waals surface area contributed by atoms with Crippen molar-refractivity contribution in [2.24, 2.45) is 0 Å². The number of nitrogens with one attached hydrogen (secondary N) is 1. The average Bonchev–Trinajstić information content (AvgIpc) is 2.97. The standard InChI is InChI=1S/C16H13ClFN3O3S/c1-9-3-4-11(16-19-10(2)20-24-16)7-15(9)25(22,23)21-14-6-5-12(18)8-13(14)17/h3-8,21H,1-2H3. The molecule has 0 saturated heterocycles. The lowest BCUT2D eigenvalue weighted by Gasteiger charge is -2.12. The molecule has 0 fully saturated rings. The maximum Gasteiger partial charge on any atom is 0.262 e. The monoisotopic (exact) mass is 381 g/mol. The number of hydrogen-bond acceptors (Lipinski definition) is 5. The van der Waals surface area contributed by atoms with Crippen molar-refractivity contribution in [2.75, 3.05) is 4.72 Å². The molecule has 2 aromatic carbocycles. The van der Waals surface area contributed by atoms with Crippen molar-refractivity contribution in [3.63, 3.8) is 0 Å². The van der Waals surface area contributed by atoms with Crippen molar-refractivity contribution >= 4 is 27.3 Å². The quantitative estimate of drug-likeness (QED) is 0.739. The SMILES string of the molecule is Cc1noc(-c2ccc(C)c(S(=O)(=O)Nc3ccc(F)cc3Cl)c2)n1. The molecule has 6 nitrogen and oxygen atoms in total. The van der Waals surface area contributed by atoms with Crippen LogP contribution in [0.1, 0.15) is 11.4 Å². The molecule has 25 heavy (non-hydrogen) atoms. The minimum Gasteiger partial charge on any atom is -0.334 e. The van der Waals surface area contributed by atoms with Crippen LogP contribution in [0.15, 0.2) is 45.8 Å². The number of rotatable bonds is 4. The van der Waals surface area contributed by atoms with E-state index in [9.17, 15) is 12.8 Å². The molecule has 3 rings (SSSR count). The van der Waals surface area contributed by atoms with E-state index < -0.39 is 15.8 Å². The van der Waals surface area contributed by atoms with Gasteiger partial charge < -0.3 is 4.52 Å². The predicted molar refractivity (Wildman–Crippen MR) is 91.4 cm³/mol. The number of halogens is 2. The largest absolute Gasteiger partial charge is 0.334 e. The van der Waals surface area contributed by atoms with E-state index in [1.807, 2.05) is 0 Å². The molecule has 0 unspecified atom stereocenters. The Morgan fingerprint density at radius 2 is 1.92 bits per heavy atom. The van der Waals surface area contributed by atoms with Crippen LogP contribution in [-0.4, -0.2) is 18.6 Å². The van der Waals surface area contributed by atoms with Crippen LogP contribution >= 0.6 is 11.6 Å². The highest BCUT2D eigenvalue weighted by Crippen LogP contribution is 2.28. The number of sulfonamides is 1. The van der Waals surface area contributed by atoms with E-state index in [1.165, 1.54) is 12.1 Å². The van der Waals surface area contributed by atoms with E-state index in [-0.39, 0.29) is 21.5 Å². The van der Waals surface area contributed by atoms with Gasteiger partial charge in [0.1, 0.15) is 5.82 Å². The topological polar surface area (TPSA) is 85.1 Å². The van der Waals surface area contributed by atoms with Crippen molar-refractivity contribution in [3.05, 3.63) is 58.6 Å². The molecule has 1 heterocycles. The predicted octanol–water partition coefficient (Wildman–Crippen LogP) is 3.95. The van der Waals surface area contributed by atoms with Gasteiger partial charge in [0.15, 0.2) is 5.82 Å². The molecule has 0 atom stereocenters. The Hall–Kier alpha value is -2.45. The fourth-order valence-corrected chi connectivity index (χ4v) is 3.83. The van der Waals surface area contributed by atoms with E-state index in [4.69, 9.17) is 16.1 Å². The van der Waals surface area contributed by atoms with E-state index >= 15 is 0 Å². The van der Waals surface area contributed by atoms with Crippen molar-refractivity contribution in [1.82, 2.24) is 10.1 Å². The molecule has 0 saturated carbocycles. The molecule has 3 aromatic rings. The second-order valence-electron chi connectivity index (χ2n) is 5.36. The lowest BCUT2D eigenvalue weighted by Crippen LogP contribution is -2.14. The van der Waals surface area contributed by atoms with Gasteiger partial charge >= 0.3 is 0 Å². The number of nitrogens with zero attached hydrogens (tertiary/aromatic N) is 2. The van der Waals surface area contributed by atoms with Crippen LogP contribution in [-0.2, 0) is 10.0 Å².